The van der Waals surface area contributed by atoms with E-state index < -0.39 is 0 Å². The van der Waals surface area contributed by atoms with Crippen molar-refractivity contribution in [1.29, 1.82) is 0 Å². The molecule has 0 spiro atoms. The molecule has 0 unspecified atom stereocenters. The lowest BCUT2D eigenvalue weighted by molar-refractivity contribution is -0.127. The lowest BCUT2D eigenvalue weighted by Gasteiger charge is -2.25. The van der Waals surface area contributed by atoms with Gasteiger partial charge in [-0.15, -0.1) is 11.3 Å². The molecular weight excluding hydrogens is 432 g/mol. The summed E-state index contributed by atoms with van der Waals surface area (Å²) in [6.45, 7) is 0.331. The highest BCUT2D eigenvalue weighted by atomic mass is 32.2. The molecule has 0 aliphatic carbocycles. The fourth-order valence-electron chi connectivity index (χ4n) is 3.06. The average molecular weight is 451 g/mol. The molecule has 1 fully saturated rings. The summed E-state index contributed by atoms with van der Waals surface area (Å²) in [5.41, 5.74) is 1.80. The molecule has 0 bridgehead atoms. The SMILES string of the molecule is O=C1C(=Cc2cccs2)SC(=S)N1CC(=O)N(Cc1ccccc1)c1ccccc1. The van der Waals surface area contributed by atoms with Gasteiger partial charge in [0.1, 0.15) is 10.9 Å². The number of thioether (sulfide) groups is 1. The largest absolute Gasteiger partial charge is 0.306 e. The van der Waals surface area contributed by atoms with Crippen LogP contribution in [0.3, 0.4) is 0 Å². The molecule has 2 amide bonds. The van der Waals surface area contributed by atoms with Crippen LogP contribution in [-0.4, -0.2) is 27.6 Å². The van der Waals surface area contributed by atoms with E-state index in [0.29, 0.717) is 15.8 Å². The number of hydrogen-bond donors (Lipinski definition) is 0. The van der Waals surface area contributed by atoms with Gasteiger partial charge in [-0.3, -0.25) is 14.5 Å². The summed E-state index contributed by atoms with van der Waals surface area (Å²) in [5.74, 6) is -0.404. The molecule has 30 heavy (non-hydrogen) atoms. The molecule has 1 saturated heterocycles. The molecule has 0 N–H and O–H groups in total. The Morgan fingerprint density at radius 3 is 2.37 bits per heavy atom. The van der Waals surface area contributed by atoms with Crippen molar-refractivity contribution in [2.75, 3.05) is 11.4 Å². The van der Waals surface area contributed by atoms with Crippen molar-refractivity contribution in [1.82, 2.24) is 4.90 Å². The van der Waals surface area contributed by atoms with Gasteiger partial charge >= 0.3 is 0 Å². The zero-order valence-corrected chi connectivity index (χ0v) is 18.4. The highest BCUT2D eigenvalue weighted by Crippen LogP contribution is 2.33. The molecule has 2 heterocycles. The first-order chi connectivity index (χ1) is 14.6. The summed E-state index contributed by atoms with van der Waals surface area (Å²) >= 11 is 8.19. The molecule has 0 radical (unpaired) electrons. The van der Waals surface area contributed by atoms with E-state index >= 15 is 0 Å². The Morgan fingerprint density at radius 1 is 1.00 bits per heavy atom. The van der Waals surface area contributed by atoms with Crippen LogP contribution in [0.15, 0.2) is 83.1 Å². The second kappa shape index (κ2) is 9.38. The van der Waals surface area contributed by atoms with Crippen molar-refractivity contribution in [2.45, 2.75) is 6.54 Å². The van der Waals surface area contributed by atoms with Gasteiger partial charge in [0.15, 0.2) is 0 Å². The topological polar surface area (TPSA) is 40.6 Å². The number of thiophene rings is 1. The third kappa shape index (κ3) is 4.70. The van der Waals surface area contributed by atoms with E-state index in [1.165, 1.54) is 16.7 Å². The monoisotopic (exact) mass is 450 g/mol. The number of benzene rings is 2. The predicted octanol–water partition coefficient (Wildman–Crippen LogP) is 5.18. The van der Waals surface area contributed by atoms with Crippen LogP contribution in [0.2, 0.25) is 0 Å². The van der Waals surface area contributed by atoms with Crippen LogP contribution in [0.1, 0.15) is 10.4 Å². The molecular formula is C23H18N2O2S3. The van der Waals surface area contributed by atoms with Gasteiger partial charge < -0.3 is 4.90 Å². The number of carbonyl (C=O) groups is 2. The van der Waals surface area contributed by atoms with Crippen LogP contribution in [0.5, 0.6) is 0 Å². The van der Waals surface area contributed by atoms with Crippen molar-refractivity contribution >= 4 is 63.2 Å². The Labute approximate surface area is 188 Å². The lowest BCUT2D eigenvalue weighted by Crippen LogP contribution is -2.42. The highest BCUT2D eigenvalue weighted by Gasteiger charge is 2.34. The average Bonchev–Trinajstić information content (AvgIpc) is 3.37. The van der Waals surface area contributed by atoms with Crippen LogP contribution in [0.25, 0.3) is 6.08 Å². The summed E-state index contributed by atoms with van der Waals surface area (Å²) in [7, 11) is 0. The molecule has 4 nitrogen and oxygen atoms in total. The number of nitrogens with zero attached hydrogens (tertiary/aromatic N) is 2. The summed E-state index contributed by atoms with van der Waals surface area (Å²) in [5, 5.41) is 1.96. The summed E-state index contributed by atoms with van der Waals surface area (Å²) in [6.07, 6.45) is 1.83. The van der Waals surface area contributed by atoms with E-state index in [-0.39, 0.29) is 18.4 Å². The van der Waals surface area contributed by atoms with Crippen molar-refractivity contribution in [3.8, 4) is 0 Å². The predicted molar refractivity (Wildman–Crippen MR) is 128 cm³/mol. The Morgan fingerprint density at radius 2 is 1.70 bits per heavy atom. The van der Waals surface area contributed by atoms with Crippen LogP contribution in [0, 0.1) is 0 Å². The van der Waals surface area contributed by atoms with Crippen molar-refractivity contribution in [3.63, 3.8) is 0 Å². The molecule has 0 saturated carbocycles. The zero-order valence-electron chi connectivity index (χ0n) is 15.9. The van der Waals surface area contributed by atoms with E-state index in [1.807, 2.05) is 84.3 Å². The van der Waals surface area contributed by atoms with E-state index in [4.69, 9.17) is 12.2 Å². The molecule has 4 rings (SSSR count). The fraction of sp³-hybridized carbons (Fsp3) is 0.0870. The van der Waals surface area contributed by atoms with Gasteiger partial charge in [-0.1, -0.05) is 78.6 Å². The second-order valence-electron chi connectivity index (χ2n) is 6.58. The Bertz CT molecular complexity index is 1080. The highest BCUT2D eigenvalue weighted by molar-refractivity contribution is 8.26. The smallest absolute Gasteiger partial charge is 0.266 e. The Balaban J connectivity index is 1.55. The van der Waals surface area contributed by atoms with Gasteiger partial charge in [0.2, 0.25) is 5.91 Å². The van der Waals surface area contributed by atoms with E-state index in [0.717, 1.165) is 16.1 Å². The van der Waals surface area contributed by atoms with Gasteiger partial charge in [0, 0.05) is 10.6 Å². The first kappa shape index (κ1) is 20.5. The third-order valence-electron chi connectivity index (χ3n) is 4.54. The number of hydrogen-bond acceptors (Lipinski definition) is 5. The van der Waals surface area contributed by atoms with E-state index in [2.05, 4.69) is 0 Å². The van der Waals surface area contributed by atoms with Crippen molar-refractivity contribution in [3.05, 3.63) is 93.5 Å². The minimum Gasteiger partial charge on any atom is -0.306 e. The van der Waals surface area contributed by atoms with Crippen molar-refractivity contribution < 1.29 is 9.59 Å². The van der Waals surface area contributed by atoms with E-state index in [9.17, 15) is 9.59 Å². The van der Waals surface area contributed by atoms with Gasteiger partial charge in [0.05, 0.1) is 11.4 Å². The standard InChI is InChI=1S/C23H18N2O2S3/c26-21(16-25-22(27)20(30-23(25)28)14-19-12-7-13-29-19)24(18-10-5-2-6-11-18)15-17-8-3-1-4-9-17/h1-14H,15-16H2. The number of rotatable bonds is 6. The molecule has 1 aliphatic rings. The molecule has 3 aromatic rings. The maximum absolute atomic E-state index is 13.3. The minimum atomic E-state index is -0.223. The quantitative estimate of drug-likeness (QED) is 0.383. The van der Waals surface area contributed by atoms with Gasteiger partial charge in [-0.05, 0) is 35.2 Å². The van der Waals surface area contributed by atoms with Gasteiger partial charge in [0.25, 0.3) is 5.91 Å². The summed E-state index contributed by atoms with van der Waals surface area (Å²) in [4.78, 5) is 30.8. The first-order valence-corrected chi connectivity index (χ1v) is 11.4. The van der Waals surface area contributed by atoms with Crippen molar-refractivity contribution in [2.24, 2.45) is 0 Å². The van der Waals surface area contributed by atoms with Gasteiger partial charge in [-0.25, -0.2) is 0 Å². The normalized spacial score (nSPS) is 15.1. The molecule has 1 aromatic heterocycles. The van der Waals surface area contributed by atoms with Crippen LogP contribution < -0.4 is 4.90 Å². The summed E-state index contributed by atoms with van der Waals surface area (Å²) < 4.78 is 0.406. The van der Waals surface area contributed by atoms with Crippen LogP contribution >= 0.6 is 35.3 Å². The molecule has 150 valence electrons. The second-order valence-corrected chi connectivity index (χ2v) is 9.24. The van der Waals surface area contributed by atoms with E-state index in [1.54, 1.807) is 16.2 Å². The summed E-state index contributed by atoms with van der Waals surface area (Å²) in [6, 6.07) is 23.1. The molecule has 2 aromatic carbocycles. The molecule has 1 aliphatic heterocycles. The number of anilines is 1. The number of carbonyl (C=O) groups excluding carboxylic acids is 2. The number of para-hydroxylation sites is 1. The Hall–Kier alpha value is -2.74. The Kier molecular flexibility index (Phi) is 6.42. The minimum absolute atomic E-state index is 0.0891. The number of thiocarbonyl (C=S) groups is 1. The molecule has 0 atom stereocenters. The van der Waals surface area contributed by atoms with Crippen LogP contribution in [0.4, 0.5) is 5.69 Å². The lowest BCUT2D eigenvalue weighted by atomic mass is 10.2. The first-order valence-electron chi connectivity index (χ1n) is 9.30. The molecule has 7 heteroatoms. The zero-order chi connectivity index (χ0) is 20.9. The number of amides is 2. The maximum Gasteiger partial charge on any atom is 0.266 e. The maximum atomic E-state index is 13.3. The fourth-order valence-corrected chi connectivity index (χ4v) is 5.03. The van der Waals surface area contributed by atoms with Crippen LogP contribution in [-0.2, 0) is 16.1 Å². The van der Waals surface area contributed by atoms with Gasteiger partial charge in [-0.2, -0.15) is 0 Å². The third-order valence-corrected chi connectivity index (χ3v) is 6.73.